The normalized spacial score (nSPS) is 19.9. The van der Waals surface area contributed by atoms with Gasteiger partial charge in [0.05, 0.1) is 25.8 Å². The first-order valence-electron chi connectivity index (χ1n) is 7.95. The maximum absolute atomic E-state index is 5.71. The van der Waals surface area contributed by atoms with E-state index in [0.29, 0.717) is 5.92 Å². The largest absolute Gasteiger partial charge is 0.378 e. The van der Waals surface area contributed by atoms with E-state index in [-0.39, 0.29) is 6.04 Å². The molecule has 120 valence electrons. The second-order valence-corrected chi connectivity index (χ2v) is 6.36. The number of hydrogen-bond acceptors (Lipinski definition) is 4. The number of nitrogens with zero attached hydrogens (tertiary/aromatic N) is 5. The summed E-state index contributed by atoms with van der Waals surface area (Å²) in [6.07, 6.45) is 3.75. The molecule has 0 bridgehead atoms. The minimum Gasteiger partial charge on any atom is -0.378 e. The third-order valence-electron chi connectivity index (χ3n) is 4.14. The molecule has 22 heavy (non-hydrogen) atoms. The Balaban J connectivity index is 1.78. The fourth-order valence-corrected chi connectivity index (χ4v) is 3.01. The first kappa shape index (κ1) is 15.2. The molecule has 0 unspecified atom stereocenters. The van der Waals surface area contributed by atoms with E-state index in [9.17, 15) is 0 Å². The zero-order valence-corrected chi connectivity index (χ0v) is 13.6. The summed E-state index contributed by atoms with van der Waals surface area (Å²) in [6.45, 7) is 8.56. The molecule has 3 rings (SSSR count). The Kier molecular flexibility index (Phi) is 4.59. The van der Waals surface area contributed by atoms with Crippen LogP contribution in [0.4, 0.5) is 0 Å². The van der Waals surface area contributed by atoms with Gasteiger partial charge in [-0.05, 0) is 18.1 Å². The van der Waals surface area contributed by atoms with Crippen molar-refractivity contribution in [1.82, 2.24) is 24.2 Å². The lowest BCUT2D eigenvalue weighted by atomic mass is 10.1. The molecule has 1 atom stereocenters. The third kappa shape index (κ3) is 3.23. The van der Waals surface area contributed by atoms with Gasteiger partial charge in [-0.1, -0.05) is 13.8 Å². The molecule has 1 saturated heterocycles. The van der Waals surface area contributed by atoms with Gasteiger partial charge in [-0.15, -0.1) is 0 Å². The summed E-state index contributed by atoms with van der Waals surface area (Å²) in [4.78, 5) is 6.91. The van der Waals surface area contributed by atoms with Crippen molar-refractivity contribution in [2.45, 2.75) is 33.0 Å². The number of ether oxygens (including phenoxy) is 1. The number of rotatable bonds is 5. The molecule has 0 N–H and O–H groups in total. The van der Waals surface area contributed by atoms with Gasteiger partial charge in [-0.25, -0.2) is 9.67 Å². The number of hydrogen-bond donors (Lipinski definition) is 0. The summed E-state index contributed by atoms with van der Waals surface area (Å²) in [5.41, 5.74) is 1.29. The molecule has 2 aromatic rings. The molecular formula is C16H25N5O. The lowest BCUT2D eigenvalue weighted by Crippen LogP contribution is -2.40. The van der Waals surface area contributed by atoms with Gasteiger partial charge in [0.2, 0.25) is 0 Å². The fraction of sp³-hybridized carbons (Fsp3) is 0.625. The van der Waals surface area contributed by atoms with Crippen LogP contribution in [0.15, 0.2) is 24.7 Å². The lowest BCUT2D eigenvalue weighted by molar-refractivity contribution is -0.0169. The van der Waals surface area contributed by atoms with Gasteiger partial charge in [0.1, 0.15) is 12.2 Å². The van der Waals surface area contributed by atoms with Crippen LogP contribution in [0.25, 0.3) is 0 Å². The molecule has 1 fully saturated rings. The highest BCUT2D eigenvalue weighted by atomic mass is 16.5. The zero-order chi connectivity index (χ0) is 15.5. The van der Waals surface area contributed by atoms with Gasteiger partial charge in [-0.2, -0.15) is 5.10 Å². The smallest absolute Gasteiger partial charge is 0.141 e. The highest BCUT2D eigenvalue weighted by molar-refractivity contribution is 5.13. The van der Waals surface area contributed by atoms with Crippen LogP contribution >= 0.6 is 0 Å². The summed E-state index contributed by atoms with van der Waals surface area (Å²) in [7, 11) is 2.09. The monoisotopic (exact) mass is 303 g/mol. The third-order valence-corrected chi connectivity index (χ3v) is 4.14. The van der Waals surface area contributed by atoms with Crippen LogP contribution in [-0.2, 0) is 24.9 Å². The molecule has 1 aliphatic rings. The van der Waals surface area contributed by atoms with Crippen molar-refractivity contribution in [2.24, 2.45) is 13.0 Å². The van der Waals surface area contributed by atoms with E-state index in [2.05, 4.69) is 58.8 Å². The van der Waals surface area contributed by atoms with E-state index in [1.54, 1.807) is 6.33 Å². The van der Waals surface area contributed by atoms with Crippen molar-refractivity contribution in [1.29, 1.82) is 0 Å². The first-order valence-corrected chi connectivity index (χ1v) is 7.95. The van der Waals surface area contributed by atoms with Crippen molar-refractivity contribution in [2.75, 3.05) is 19.8 Å². The second kappa shape index (κ2) is 6.62. The van der Waals surface area contributed by atoms with Crippen LogP contribution in [0.3, 0.4) is 0 Å². The topological polar surface area (TPSA) is 48.1 Å². The molecule has 0 aliphatic carbocycles. The van der Waals surface area contributed by atoms with Crippen LogP contribution in [0.5, 0.6) is 0 Å². The Hall–Kier alpha value is -1.66. The van der Waals surface area contributed by atoms with Crippen molar-refractivity contribution < 1.29 is 4.74 Å². The molecule has 0 saturated carbocycles. The van der Waals surface area contributed by atoms with E-state index in [1.165, 1.54) is 5.69 Å². The van der Waals surface area contributed by atoms with Crippen molar-refractivity contribution in [3.63, 3.8) is 0 Å². The number of morpholine rings is 1. The Bertz CT molecular complexity index is 603. The summed E-state index contributed by atoms with van der Waals surface area (Å²) in [5.74, 6) is 1.60. The molecule has 1 aliphatic heterocycles. The van der Waals surface area contributed by atoms with E-state index in [1.807, 2.05) is 4.68 Å². The van der Waals surface area contributed by atoms with Gasteiger partial charge in [0.15, 0.2) is 0 Å². The highest BCUT2D eigenvalue weighted by Gasteiger charge is 2.27. The van der Waals surface area contributed by atoms with Crippen molar-refractivity contribution in [3.05, 3.63) is 36.2 Å². The summed E-state index contributed by atoms with van der Waals surface area (Å²) >= 11 is 0. The molecule has 6 heteroatoms. The lowest BCUT2D eigenvalue weighted by Gasteiger charge is -2.35. The Morgan fingerprint density at radius 3 is 3.00 bits per heavy atom. The van der Waals surface area contributed by atoms with Gasteiger partial charge in [0, 0.05) is 32.0 Å². The minimum absolute atomic E-state index is 0.276. The highest BCUT2D eigenvalue weighted by Crippen LogP contribution is 2.25. The van der Waals surface area contributed by atoms with E-state index < -0.39 is 0 Å². The Labute approximate surface area is 131 Å². The molecule has 6 nitrogen and oxygen atoms in total. The number of aryl methyl sites for hydroxylation is 1. The van der Waals surface area contributed by atoms with Crippen LogP contribution in [0.2, 0.25) is 0 Å². The summed E-state index contributed by atoms with van der Waals surface area (Å²) < 4.78 is 9.91. The first-order chi connectivity index (χ1) is 10.6. The maximum Gasteiger partial charge on any atom is 0.141 e. The molecule has 0 aromatic carbocycles. The summed E-state index contributed by atoms with van der Waals surface area (Å²) in [6, 6.07) is 4.53. The van der Waals surface area contributed by atoms with E-state index in [0.717, 1.165) is 38.7 Å². The van der Waals surface area contributed by atoms with Crippen LogP contribution in [0, 0.1) is 5.92 Å². The maximum atomic E-state index is 5.71. The van der Waals surface area contributed by atoms with Gasteiger partial charge < -0.3 is 9.30 Å². The second-order valence-electron chi connectivity index (χ2n) is 6.36. The van der Waals surface area contributed by atoms with Crippen LogP contribution in [-0.4, -0.2) is 44.0 Å². The molecular weight excluding hydrogens is 278 g/mol. The van der Waals surface area contributed by atoms with Crippen molar-refractivity contribution in [3.8, 4) is 0 Å². The zero-order valence-electron chi connectivity index (χ0n) is 13.6. The fourth-order valence-electron chi connectivity index (χ4n) is 3.01. The predicted octanol–water partition coefficient (Wildman–Crippen LogP) is 1.85. The van der Waals surface area contributed by atoms with Gasteiger partial charge in [0.25, 0.3) is 0 Å². The molecule has 0 spiro atoms. The molecule has 0 amide bonds. The number of aromatic nitrogens is 4. The van der Waals surface area contributed by atoms with Crippen LogP contribution < -0.4 is 0 Å². The summed E-state index contributed by atoms with van der Waals surface area (Å²) in [5, 5.41) is 4.37. The average Bonchev–Trinajstić information content (AvgIpc) is 3.09. The minimum atomic E-state index is 0.276. The Morgan fingerprint density at radius 1 is 1.41 bits per heavy atom. The van der Waals surface area contributed by atoms with Crippen LogP contribution in [0.1, 0.15) is 31.4 Å². The quantitative estimate of drug-likeness (QED) is 0.846. The van der Waals surface area contributed by atoms with Crippen molar-refractivity contribution >= 4 is 0 Å². The predicted molar refractivity (Wildman–Crippen MR) is 84.2 cm³/mol. The molecule has 3 heterocycles. The van der Waals surface area contributed by atoms with E-state index in [4.69, 9.17) is 4.74 Å². The Morgan fingerprint density at radius 2 is 2.27 bits per heavy atom. The SMILES string of the molecule is CC(C)Cn1ncnc1CN1CCOC[C@@H]1c1cccn1C. The standard InChI is InChI=1S/C16H25N5O/c1-13(2)9-21-16(17-12-18-21)10-20-7-8-22-11-15(20)14-5-4-6-19(14)3/h4-6,12-13,15H,7-11H2,1-3H3/t15-/m1/s1. The van der Waals surface area contributed by atoms with Gasteiger partial charge >= 0.3 is 0 Å². The van der Waals surface area contributed by atoms with E-state index >= 15 is 0 Å². The average molecular weight is 303 g/mol. The molecule has 2 aromatic heterocycles. The molecule has 0 radical (unpaired) electrons. The van der Waals surface area contributed by atoms with Gasteiger partial charge in [-0.3, -0.25) is 4.90 Å².